The van der Waals surface area contributed by atoms with Crippen molar-refractivity contribution in [3.63, 3.8) is 0 Å². The van der Waals surface area contributed by atoms with Crippen LogP contribution in [0.1, 0.15) is 21.7 Å². The molecule has 0 aliphatic heterocycles. The van der Waals surface area contributed by atoms with Crippen LogP contribution in [0.15, 0.2) is 53.0 Å². The summed E-state index contributed by atoms with van der Waals surface area (Å²) in [6.45, 7) is -0.319. The Labute approximate surface area is 208 Å². The molecule has 4 aromatic rings. The standard InChI is InChI=1S/C21H14ClF3N6O4S/c22-16-17(20(33)35-30-18(27)10-3-5-11(6-4-10)34-9-15(26)32)29-31-14(21(23,24)25)8-12(28-19(16)31)13-2-1-7-36-13/h1-8H,9H2,(H2,26,32)(H2,27,30). The maximum absolute atomic E-state index is 13.7. The van der Waals surface area contributed by atoms with Crippen LogP contribution < -0.4 is 16.2 Å². The summed E-state index contributed by atoms with van der Waals surface area (Å²) in [5, 5.41) is 8.39. The van der Waals surface area contributed by atoms with Gasteiger partial charge >= 0.3 is 12.1 Å². The lowest BCUT2D eigenvalue weighted by Crippen LogP contribution is -2.20. The zero-order valence-electron chi connectivity index (χ0n) is 17.8. The number of fused-ring (bicyclic) bond motifs is 1. The summed E-state index contributed by atoms with van der Waals surface area (Å²) in [6, 6.07) is 9.93. The summed E-state index contributed by atoms with van der Waals surface area (Å²) >= 11 is 7.35. The van der Waals surface area contributed by atoms with Crippen LogP contribution in [0.5, 0.6) is 5.75 Å². The number of amidine groups is 1. The molecule has 0 atom stereocenters. The smallest absolute Gasteiger partial charge is 0.433 e. The van der Waals surface area contributed by atoms with Gasteiger partial charge in [-0.05, 0) is 41.8 Å². The number of oxime groups is 1. The van der Waals surface area contributed by atoms with Gasteiger partial charge in [-0.15, -0.1) is 11.3 Å². The lowest BCUT2D eigenvalue weighted by atomic mass is 10.2. The lowest BCUT2D eigenvalue weighted by molar-refractivity contribution is -0.142. The summed E-state index contributed by atoms with van der Waals surface area (Å²) < 4.78 is 46.7. The molecule has 4 N–H and O–H groups in total. The van der Waals surface area contributed by atoms with Gasteiger partial charge in [0.1, 0.15) is 10.8 Å². The number of benzene rings is 1. The Kier molecular flexibility index (Phi) is 6.81. The highest BCUT2D eigenvalue weighted by Crippen LogP contribution is 2.35. The summed E-state index contributed by atoms with van der Waals surface area (Å²) in [5.41, 5.74) is 8.93. The highest BCUT2D eigenvalue weighted by Gasteiger charge is 2.37. The fourth-order valence-corrected chi connectivity index (χ4v) is 3.86. The molecule has 0 spiro atoms. The van der Waals surface area contributed by atoms with Crippen LogP contribution in [0.2, 0.25) is 5.02 Å². The molecule has 0 radical (unpaired) electrons. The molecule has 0 fully saturated rings. The average Bonchev–Trinajstić information content (AvgIpc) is 3.49. The number of carbonyl (C=O) groups excluding carboxylic acids is 2. The topological polar surface area (TPSA) is 147 Å². The van der Waals surface area contributed by atoms with Crippen molar-refractivity contribution in [1.29, 1.82) is 0 Å². The van der Waals surface area contributed by atoms with Crippen LogP contribution in [-0.4, -0.2) is 38.9 Å². The maximum Gasteiger partial charge on any atom is 0.433 e. The van der Waals surface area contributed by atoms with Crippen molar-refractivity contribution in [3.05, 3.63) is 69.8 Å². The van der Waals surface area contributed by atoms with Crippen molar-refractivity contribution in [1.82, 2.24) is 14.6 Å². The molecular weight excluding hydrogens is 525 g/mol. The van der Waals surface area contributed by atoms with Gasteiger partial charge < -0.3 is 21.0 Å². The van der Waals surface area contributed by atoms with E-state index < -0.39 is 34.5 Å². The van der Waals surface area contributed by atoms with Crippen molar-refractivity contribution in [2.24, 2.45) is 16.6 Å². The van der Waals surface area contributed by atoms with Gasteiger partial charge in [0.25, 0.3) is 5.91 Å². The van der Waals surface area contributed by atoms with Crippen molar-refractivity contribution >= 4 is 46.3 Å². The molecule has 0 aliphatic carbocycles. The number of hydrogen-bond acceptors (Lipinski definition) is 8. The van der Waals surface area contributed by atoms with Crippen molar-refractivity contribution < 1.29 is 32.3 Å². The van der Waals surface area contributed by atoms with Crippen molar-refractivity contribution in [3.8, 4) is 16.3 Å². The van der Waals surface area contributed by atoms with Crippen LogP contribution in [0, 0.1) is 0 Å². The molecule has 3 aromatic heterocycles. The average molecular weight is 539 g/mol. The Bertz CT molecular complexity index is 1470. The highest BCUT2D eigenvalue weighted by molar-refractivity contribution is 7.13. The summed E-state index contributed by atoms with van der Waals surface area (Å²) in [7, 11) is 0. The quantitative estimate of drug-likeness (QED) is 0.158. The first kappa shape index (κ1) is 24.9. The molecule has 186 valence electrons. The number of halogens is 4. The van der Waals surface area contributed by atoms with Crippen LogP contribution >= 0.6 is 22.9 Å². The number of primary amides is 1. The SMILES string of the molecule is NC(=O)COc1ccc(/C(N)=N/OC(=O)c2nn3c(C(F)(F)F)cc(-c4cccs4)nc3c2Cl)cc1. The number of alkyl halides is 3. The Balaban J connectivity index is 1.61. The van der Waals surface area contributed by atoms with E-state index in [9.17, 15) is 22.8 Å². The van der Waals surface area contributed by atoms with Gasteiger partial charge in [0, 0.05) is 5.56 Å². The number of amides is 1. The number of carbonyl (C=O) groups is 2. The van der Waals surface area contributed by atoms with Crippen LogP contribution in [-0.2, 0) is 15.8 Å². The second kappa shape index (κ2) is 9.83. The fraction of sp³-hybridized carbons (Fsp3) is 0.0952. The summed E-state index contributed by atoms with van der Waals surface area (Å²) in [4.78, 5) is 32.7. The Morgan fingerprint density at radius 2 is 1.89 bits per heavy atom. The molecule has 3 heterocycles. The van der Waals surface area contributed by atoms with E-state index in [2.05, 4.69) is 15.2 Å². The van der Waals surface area contributed by atoms with Gasteiger partial charge in [0.05, 0.1) is 10.6 Å². The second-order valence-corrected chi connectivity index (χ2v) is 8.36. The zero-order chi connectivity index (χ0) is 26.0. The Morgan fingerprint density at radius 1 is 1.17 bits per heavy atom. The zero-order valence-corrected chi connectivity index (χ0v) is 19.4. The third kappa shape index (κ3) is 5.23. The van der Waals surface area contributed by atoms with Crippen molar-refractivity contribution in [2.45, 2.75) is 6.18 Å². The molecule has 0 aliphatic rings. The van der Waals surface area contributed by atoms with Gasteiger partial charge in [0.2, 0.25) is 0 Å². The lowest BCUT2D eigenvalue weighted by Gasteiger charge is -2.10. The molecule has 0 saturated heterocycles. The number of nitrogens with zero attached hydrogens (tertiary/aromatic N) is 4. The van der Waals surface area contributed by atoms with E-state index in [4.69, 9.17) is 32.6 Å². The Morgan fingerprint density at radius 3 is 2.50 bits per heavy atom. The van der Waals surface area contributed by atoms with E-state index in [1.165, 1.54) is 35.6 Å². The minimum absolute atomic E-state index is 0.0112. The molecule has 0 saturated carbocycles. The van der Waals surface area contributed by atoms with Gasteiger partial charge in [-0.25, -0.2) is 14.3 Å². The molecule has 0 unspecified atom stereocenters. The molecule has 0 bridgehead atoms. The van der Waals surface area contributed by atoms with Gasteiger partial charge in [-0.3, -0.25) is 4.79 Å². The molecule has 10 nitrogen and oxygen atoms in total. The molecule has 1 aromatic carbocycles. The van der Waals surface area contributed by atoms with Gasteiger partial charge in [-0.1, -0.05) is 22.8 Å². The molecule has 4 rings (SSSR count). The van der Waals surface area contributed by atoms with Crippen LogP contribution in [0.3, 0.4) is 0 Å². The third-order valence-corrected chi connectivity index (χ3v) is 5.79. The fourth-order valence-electron chi connectivity index (χ4n) is 2.94. The van der Waals surface area contributed by atoms with E-state index in [0.717, 1.165) is 6.07 Å². The molecular formula is C21H14ClF3N6O4S. The van der Waals surface area contributed by atoms with Crippen LogP contribution in [0.4, 0.5) is 13.2 Å². The van der Waals surface area contributed by atoms with E-state index >= 15 is 0 Å². The monoisotopic (exact) mass is 538 g/mol. The summed E-state index contributed by atoms with van der Waals surface area (Å²) in [5.74, 6) is -1.81. The van der Waals surface area contributed by atoms with E-state index in [0.29, 0.717) is 20.7 Å². The van der Waals surface area contributed by atoms with Crippen molar-refractivity contribution in [2.75, 3.05) is 6.61 Å². The Hall–Kier alpha value is -4.17. The molecule has 1 amide bonds. The predicted molar refractivity (Wildman–Crippen MR) is 124 cm³/mol. The normalized spacial score (nSPS) is 12.1. The van der Waals surface area contributed by atoms with E-state index in [1.54, 1.807) is 17.5 Å². The minimum atomic E-state index is -4.82. The van der Waals surface area contributed by atoms with E-state index in [1.807, 2.05) is 0 Å². The predicted octanol–water partition coefficient (Wildman–Crippen LogP) is 3.47. The number of hydrogen-bond donors (Lipinski definition) is 2. The summed E-state index contributed by atoms with van der Waals surface area (Å²) in [6.07, 6.45) is -4.82. The first-order valence-corrected chi connectivity index (χ1v) is 11.1. The number of nitrogens with two attached hydrogens (primary N) is 2. The third-order valence-electron chi connectivity index (χ3n) is 4.55. The van der Waals surface area contributed by atoms with E-state index in [-0.39, 0.29) is 23.8 Å². The first-order chi connectivity index (χ1) is 17.0. The first-order valence-electron chi connectivity index (χ1n) is 9.81. The second-order valence-electron chi connectivity index (χ2n) is 7.03. The highest BCUT2D eigenvalue weighted by atomic mass is 35.5. The number of ether oxygens (including phenoxy) is 1. The molecule has 36 heavy (non-hydrogen) atoms. The largest absolute Gasteiger partial charge is 0.484 e. The molecule has 15 heteroatoms. The van der Waals surface area contributed by atoms with Crippen LogP contribution in [0.25, 0.3) is 16.2 Å². The minimum Gasteiger partial charge on any atom is -0.484 e. The number of rotatable bonds is 7. The number of thiophene rings is 1. The maximum atomic E-state index is 13.7. The van der Waals surface area contributed by atoms with Gasteiger partial charge in [0.15, 0.2) is 29.5 Å². The number of aromatic nitrogens is 3. The van der Waals surface area contributed by atoms with Gasteiger partial charge in [-0.2, -0.15) is 18.3 Å².